The third-order valence-electron chi connectivity index (χ3n) is 3.81. The predicted molar refractivity (Wildman–Crippen MR) is 77.8 cm³/mol. The Bertz CT molecular complexity index is 566. The molecule has 4 nitrogen and oxygen atoms in total. The highest BCUT2D eigenvalue weighted by Crippen LogP contribution is 2.28. The zero-order chi connectivity index (χ0) is 13.2. The molecule has 2 aromatic heterocycles. The van der Waals surface area contributed by atoms with E-state index in [0.717, 1.165) is 30.9 Å². The topological polar surface area (TPSA) is 42.2 Å². The number of anilines is 1. The van der Waals surface area contributed by atoms with Gasteiger partial charge >= 0.3 is 0 Å². The molecule has 0 amide bonds. The molecule has 2 unspecified atom stereocenters. The van der Waals surface area contributed by atoms with Crippen LogP contribution in [0.5, 0.6) is 0 Å². The fourth-order valence-corrected chi connectivity index (χ4v) is 3.25. The Morgan fingerprint density at radius 3 is 3.16 bits per heavy atom. The minimum absolute atomic E-state index is 0.351. The van der Waals surface area contributed by atoms with Crippen LogP contribution in [-0.2, 0) is 0 Å². The Kier molecular flexibility index (Phi) is 3.60. The van der Waals surface area contributed by atoms with E-state index in [4.69, 9.17) is 11.6 Å². The molecule has 0 saturated heterocycles. The van der Waals surface area contributed by atoms with Crippen molar-refractivity contribution in [3.05, 3.63) is 24.0 Å². The first-order chi connectivity index (χ1) is 9.22. The van der Waals surface area contributed by atoms with Gasteiger partial charge in [0.25, 0.3) is 0 Å². The van der Waals surface area contributed by atoms with Gasteiger partial charge in [-0.25, -0.2) is 4.98 Å². The Morgan fingerprint density at radius 2 is 2.32 bits per heavy atom. The molecule has 1 saturated carbocycles. The average molecular weight is 279 g/mol. The fraction of sp³-hybridized carbons (Fsp3) is 0.571. The summed E-state index contributed by atoms with van der Waals surface area (Å²) in [6.45, 7) is 3.04. The maximum atomic E-state index is 6.24. The molecular formula is C14H19ClN4. The Hall–Kier alpha value is -1.29. The highest BCUT2D eigenvalue weighted by atomic mass is 35.5. The molecule has 0 aliphatic heterocycles. The van der Waals surface area contributed by atoms with E-state index in [-0.39, 0.29) is 0 Å². The van der Waals surface area contributed by atoms with Gasteiger partial charge in [0, 0.05) is 11.9 Å². The smallest absolute Gasteiger partial charge is 0.157 e. The van der Waals surface area contributed by atoms with Crippen molar-refractivity contribution in [3.63, 3.8) is 0 Å². The van der Waals surface area contributed by atoms with E-state index in [9.17, 15) is 0 Å². The highest BCUT2D eigenvalue weighted by molar-refractivity contribution is 6.20. The first-order valence-electron chi connectivity index (χ1n) is 6.90. The second-order valence-corrected chi connectivity index (χ2v) is 6.08. The van der Waals surface area contributed by atoms with Crippen molar-refractivity contribution < 1.29 is 0 Å². The van der Waals surface area contributed by atoms with Crippen molar-refractivity contribution in [1.29, 1.82) is 0 Å². The number of nitrogens with one attached hydrogen (secondary N) is 1. The first-order valence-corrected chi connectivity index (χ1v) is 7.34. The van der Waals surface area contributed by atoms with Crippen molar-refractivity contribution in [2.45, 2.75) is 38.0 Å². The Morgan fingerprint density at radius 1 is 1.42 bits per heavy atom. The number of aryl methyl sites for hydroxylation is 1. The number of pyridine rings is 1. The summed E-state index contributed by atoms with van der Waals surface area (Å²) in [6, 6.07) is 4.15. The van der Waals surface area contributed by atoms with Crippen LogP contribution in [0.3, 0.4) is 0 Å². The van der Waals surface area contributed by atoms with Crippen LogP contribution >= 0.6 is 11.6 Å². The normalized spacial score (nSPS) is 23.7. The predicted octanol–water partition coefficient (Wildman–Crippen LogP) is 3.25. The van der Waals surface area contributed by atoms with Crippen LogP contribution in [0, 0.1) is 12.8 Å². The van der Waals surface area contributed by atoms with E-state index in [0.29, 0.717) is 11.3 Å². The van der Waals surface area contributed by atoms with Crippen LogP contribution in [0.4, 0.5) is 5.82 Å². The summed E-state index contributed by atoms with van der Waals surface area (Å²) in [7, 11) is 0. The molecule has 19 heavy (non-hydrogen) atoms. The van der Waals surface area contributed by atoms with Gasteiger partial charge in [-0.15, -0.1) is 11.6 Å². The van der Waals surface area contributed by atoms with E-state index in [2.05, 4.69) is 28.4 Å². The number of nitrogens with zero attached hydrogens (tertiary/aromatic N) is 3. The fourth-order valence-electron chi connectivity index (χ4n) is 2.84. The van der Waals surface area contributed by atoms with Crippen LogP contribution in [-0.4, -0.2) is 26.5 Å². The summed E-state index contributed by atoms with van der Waals surface area (Å²) in [6.07, 6.45) is 6.38. The second-order valence-electron chi connectivity index (χ2n) is 5.46. The van der Waals surface area contributed by atoms with Crippen LogP contribution in [0.15, 0.2) is 18.5 Å². The molecule has 102 valence electrons. The number of aromatic nitrogens is 3. The van der Waals surface area contributed by atoms with Crippen LogP contribution < -0.4 is 5.32 Å². The van der Waals surface area contributed by atoms with E-state index in [1.807, 2.05) is 10.6 Å². The van der Waals surface area contributed by atoms with Gasteiger partial charge in [-0.1, -0.05) is 6.42 Å². The third-order valence-corrected chi connectivity index (χ3v) is 4.21. The number of hydrogen-bond donors (Lipinski definition) is 1. The van der Waals surface area contributed by atoms with Gasteiger partial charge in [0.05, 0.1) is 0 Å². The number of halogens is 1. The molecule has 1 aliphatic carbocycles. The van der Waals surface area contributed by atoms with Gasteiger partial charge < -0.3 is 5.32 Å². The van der Waals surface area contributed by atoms with Gasteiger partial charge in [-0.2, -0.15) is 9.61 Å². The molecule has 1 fully saturated rings. The Balaban J connectivity index is 1.72. The summed E-state index contributed by atoms with van der Waals surface area (Å²) in [4.78, 5) is 4.24. The molecule has 2 aromatic rings. The molecule has 1 aliphatic rings. The summed E-state index contributed by atoms with van der Waals surface area (Å²) in [5.41, 5.74) is 2.09. The lowest BCUT2D eigenvalue weighted by Gasteiger charge is -2.25. The van der Waals surface area contributed by atoms with Crippen molar-refractivity contribution >= 4 is 23.1 Å². The lowest BCUT2D eigenvalue weighted by Crippen LogP contribution is -2.23. The standard InChI is InChI=1S/C14H19ClN4/c1-10-5-13(19-14(6-10)17-9-18-19)16-8-11-3-2-4-12(15)7-11/h5-6,9,11-12,16H,2-4,7-8H2,1H3. The van der Waals surface area contributed by atoms with Crippen LogP contribution in [0.2, 0.25) is 0 Å². The summed E-state index contributed by atoms with van der Waals surface area (Å²) < 4.78 is 1.86. The van der Waals surface area contributed by atoms with E-state index in [1.165, 1.54) is 18.4 Å². The molecule has 0 radical (unpaired) electrons. The molecule has 0 spiro atoms. The van der Waals surface area contributed by atoms with Gasteiger partial charge in [0.2, 0.25) is 0 Å². The molecule has 2 atom stereocenters. The summed E-state index contributed by atoms with van der Waals surface area (Å²) in [5.74, 6) is 1.68. The number of hydrogen-bond acceptors (Lipinski definition) is 3. The number of fused-ring (bicyclic) bond motifs is 1. The quantitative estimate of drug-likeness (QED) is 0.877. The van der Waals surface area contributed by atoms with E-state index in [1.54, 1.807) is 6.33 Å². The maximum Gasteiger partial charge on any atom is 0.157 e. The van der Waals surface area contributed by atoms with E-state index >= 15 is 0 Å². The lowest BCUT2D eigenvalue weighted by molar-refractivity contribution is 0.378. The molecular weight excluding hydrogens is 260 g/mol. The zero-order valence-electron chi connectivity index (χ0n) is 11.1. The van der Waals surface area contributed by atoms with E-state index < -0.39 is 0 Å². The molecule has 1 N–H and O–H groups in total. The molecule has 3 rings (SSSR count). The van der Waals surface area contributed by atoms with Crippen LogP contribution in [0.1, 0.15) is 31.2 Å². The average Bonchev–Trinajstić information content (AvgIpc) is 2.84. The minimum atomic E-state index is 0.351. The van der Waals surface area contributed by atoms with Gasteiger partial charge in [0.1, 0.15) is 12.1 Å². The number of alkyl halides is 1. The van der Waals surface area contributed by atoms with Crippen molar-refractivity contribution in [1.82, 2.24) is 14.6 Å². The van der Waals surface area contributed by atoms with Crippen LogP contribution in [0.25, 0.3) is 5.65 Å². The first kappa shape index (κ1) is 12.7. The highest BCUT2D eigenvalue weighted by Gasteiger charge is 2.20. The third kappa shape index (κ3) is 2.84. The van der Waals surface area contributed by atoms with Gasteiger partial charge in [0.15, 0.2) is 5.65 Å². The zero-order valence-corrected chi connectivity index (χ0v) is 11.9. The van der Waals surface area contributed by atoms with Crippen molar-refractivity contribution in [2.75, 3.05) is 11.9 Å². The monoisotopic (exact) mass is 278 g/mol. The molecule has 0 bridgehead atoms. The Labute approximate surface area is 118 Å². The number of rotatable bonds is 3. The van der Waals surface area contributed by atoms with Gasteiger partial charge in [-0.3, -0.25) is 0 Å². The SMILES string of the molecule is Cc1cc(NCC2CCCC(Cl)C2)n2ncnc2c1. The van der Waals surface area contributed by atoms with Gasteiger partial charge in [-0.05, 0) is 49.8 Å². The lowest BCUT2D eigenvalue weighted by atomic mass is 9.89. The summed E-state index contributed by atoms with van der Waals surface area (Å²) >= 11 is 6.24. The summed E-state index contributed by atoms with van der Waals surface area (Å²) in [5, 5.41) is 8.11. The maximum absolute atomic E-state index is 6.24. The van der Waals surface area contributed by atoms with Crippen molar-refractivity contribution in [2.24, 2.45) is 5.92 Å². The second kappa shape index (κ2) is 5.37. The minimum Gasteiger partial charge on any atom is -0.370 e. The molecule has 2 heterocycles. The largest absolute Gasteiger partial charge is 0.370 e. The molecule has 5 heteroatoms. The van der Waals surface area contributed by atoms with Crippen molar-refractivity contribution in [3.8, 4) is 0 Å². The molecule has 0 aromatic carbocycles.